The van der Waals surface area contributed by atoms with Crippen molar-refractivity contribution in [3.05, 3.63) is 59.8 Å². The Balaban J connectivity index is 1.41. The zero-order valence-electron chi connectivity index (χ0n) is 17.8. The van der Waals surface area contributed by atoms with Gasteiger partial charge in [0.2, 0.25) is 0 Å². The van der Waals surface area contributed by atoms with Crippen LogP contribution >= 0.6 is 0 Å². The third-order valence-electron chi connectivity index (χ3n) is 6.51. The second kappa shape index (κ2) is 7.80. The average molecular weight is 404 g/mol. The Morgan fingerprint density at radius 3 is 2.77 bits per heavy atom. The van der Waals surface area contributed by atoms with Crippen molar-refractivity contribution in [2.75, 3.05) is 33.4 Å². The lowest BCUT2D eigenvalue weighted by molar-refractivity contribution is 0.228. The summed E-state index contributed by atoms with van der Waals surface area (Å²) in [4.78, 5) is 7.60. The summed E-state index contributed by atoms with van der Waals surface area (Å²) < 4.78 is 13.9. The number of methoxy groups -OCH3 is 1. The van der Waals surface area contributed by atoms with Crippen LogP contribution < -0.4 is 9.47 Å². The number of aromatic nitrogens is 1. The van der Waals surface area contributed by atoms with Crippen molar-refractivity contribution in [3.8, 4) is 11.5 Å². The van der Waals surface area contributed by atoms with Gasteiger partial charge in [-0.3, -0.25) is 9.89 Å². The Bertz CT molecular complexity index is 1070. The summed E-state index contributed by atoms with van der Waals surface area (Å²) in [6.07, 6.45) is 4.07. The molecule has 1 aromatic heterocycles. The minimum atomic E-state index is -0.150. The van der Waals surface area contributed by atoms with Gasteiger partial charge < -0.3 is 14.0 Å². The van der Waals surface area contributed by atoms with Crippen LogP contribution in [0.5, 0.6) is 11.5 Å². The molecule has 30 heavy (non-hydrogen) atoms. The maximum Gasteiger partial charge on any atom is 0.119 e. The molecular formula is C25H29N3O2. The lowest BCUT2D eigenvalue weighted by atomic mass is 9.87. The minimum absolute atomic E-state index is 0.150. The predicted molar refractivity (Wildman–Crippen MR) is 121 cm³/mol. The van der Waals surface area contributed by atoms with Crippen LogP contribution in [0.4, 0.5) is 0 Å². The largest absolute Gasteiger partial charge is 0.497 e. The molecule has 2 aromatic carbocycles. The van der Waals surface area contributed by atoms with Crippen molar-refractivity contribution in [2.24, 2.45) is 4.99 Å². The van der Waals surface area contributed by atoms with E-state index in [-0.39, 0.29) is 5.54 Å². The second-order valence-electron chi connectivity index (χ2n) is 8.19. The monoisotopic (exact) mass is 403 g/mol. The zero-order valence-corrected chi connectivity index (χ0v) is 17.8. The normalized spacial score (nSPS) is 20.7. The highest BCUT2D eigenvalue weighted by Crippen LogP contribution is 2.44. The first-order chi connectivity index (χ1) is 14.7. The Labute approximate surface area is 177 Å². The van der Waals surface area contributed by atoms with Crippen LogP contribution in [0.25, 0.3) is 10.9 Å². The van der Waals surface area contributed by atoms with Crippen LogP contribution in [0.3, 0.4) is 0 Å². The molecule has 5 heteroatoms. The number of aliphatic imine (C=N–C) groups is 1. The molecule has 0 saturated carbocycles. The van der Waals surface area contributed by atoms with Gasteiger partial charge in [-0.15, -0.1) is 0 Å². The molecule has 0 aliphatic carbocycles. The van der Waals surface area contributed by atoms with E-state index < -0.39 is 0 Å². The molecule has 3 heterocycles. The van der Waals surface area contributed by atoms with E-state index in [1.165, 1.54) is 22.2 Å². The number of ether oxygens (including phenoxy) is 2. The van der Waals surface area contributed by atoms with Gasteiger partial charge in [-0.1, -0.05) is 18.2 Å². The third-order valence-corrected chi connectivity index (χ3v) is 6.51. The summed E-state index contributed by atoms with van der Waals surface area (Å²) in [5.41, 5.74) is 3.96. The highest BCUT2D eigenvalue weighted by Gasteiger charge is 2.44. The van der Waals surface area contributed by atoms with Gasteiger partial charge in [0, 0.05) is 49.7 Å². The molecule has 1 spiro atoms. The third kappa shape index (κ3) is 3.18. The standard InChI is InChI=1S/C25H29N3O2/c1-3-28-23-10-9-20(29-2)17-22(23)21-11-13-26-25(24(21)28)12-14-27(18-25)15-16-30-19-7-5-4-6-8-19/h4-10,13,17H,3,11-12,14-16,18H2,1-2H3. The summed E-state index contributed by atoms with van der Waals surface area (Å²) in [7, 11) is 1.74. The molecule has 0 bridgehead atoms. The van der Waals surface area contributed by atoms with Crippen LogP contribution in [0, 0.1) is 0 Å². The molecule has 1 saturated heterocycles. The van der Waals surface area contributed by atoms with Crippen molar-refractivity contribution in [1.29, 1.82) is 0 Å². The maximum atomic E-state index is 5.93. The fourth-order valence-corrected chi connectivity index (χ4v) is 5.14. The summed E-state index contributed by atoms with van der Waals surface area (Å²) >= 11 is 0. The molecule has 3 aromatic rings. The first kappa shape index (κ1) is 19.2. The van der Waals surface area contributed by atoms with Crippen LogP contribution in [-0.2, 0) is 18.5 Å². The van der Waals surface area contributed by atoms with Crippen LogP contribution in [0.15, 0.2) is 53.5 Å². The van der Waals surface area contributed by atoms with E-state index in [0.29, 0.717) is 6.61 Å². The molecule has 0 N–H and O–H groups in total. The predicted octanol–water partition coefficient (Wildman–Crippen LogP) is 4.28. The lowest BCUT2D eigenvalue weighted by Gasteiger charge is -2.31. The quantitative estimate of drug-likeness (QED) is 0.617. The summed E-state index contributed by atoms with van der Waals surface area (Å²) in [5.74, 6) is 1.85. The highest BCUT2D eigenvalue weighted by atomic mass is 16.5. The van der Waals surface area contributed by atoms with Gasteiger partial charge in [-0.05, 0) is 49.2 Å². The number of fused-ring (bicyclic) bond motifs is 4. The molecular weight excluding hydrogens is 374 g/mol. The van der Waals surface area contributed by atoms with Gasteiger partial charge in [0.25, 0.3) is 0 Å². The van der Waals surface area contributed by atoms with E-state index in [2.05, 4.69) is 40.8 Å². The molecule has 1 unspecified atom stereocenters. The number of likely N-dealkylation sites (tertiary alicyclic amines) is 1. The Kier molecular flexibility index (Phi) is 4.99. The van der Waals surface area contributed by atoms with E-state index in [1.54, 1.807) is 7.11 Å². The number of hydrogen-bond acceptors (Lipinski definition) is 4. The second-order valence-corrected chi connectivity index (χ2v) is 8.19. The molecule has 1 atom stereocenters. The van der Waals surface area contributed by atoms with Gasteiger partial charge in [0.15, 0.2) is 0 Å². The van der Waals surface area contributed by atoms with E-state index in [1.807, 2.05) is 30.3 Å². The molecule has 1 fully saturated rings. The van der Waals surface area contributed by atoms with Gasteiger partial charge >= 0.3 is 0 Å². The number of aryl methyl sites for hydroxylation is 1. The Hall–Kier alpha value is -2.79. The number of nitrogens with zero attached hydrogens (tertiary/aromatic N) is 3. The van der Waals surface area contributed by atoms with Gasteiger partial charge in [0.05, 0.1) is 12.8 Å². The molecule has 0 amide bonds. The lowest BCUT2D eigenvalue weighted by Crippen LogP contribution is -2.35. The van der Waals surface area contributed by atoms with Crippen molar-refractivity contribution >= 4 is 17.1 Å². The summed E-state index contributed by atoms with van der Waals surface area (Å²) in [6, 6.07) is 16.5. The average Bonchev–Trinajstić information content (AvgIpc) is 3.34. The maximum absolute atomic E-state index is 5.93. The fraction of sp³-hybridized carbons (Fsp3) is 0.400. The van der Waals surface area contributed by atoms with E-state index in [9.17, 15) is 0 Å². The SMILES string of the molecule is CCn1c2c(c3cc(OC)ccc31)CC=NC21CCN(CCOc2ccccc2)C1. The van der Waals surface area contributed by atoms with Gasteiger partial charge in [-0.25, -0.2) is 0 Å². The zero-order chi connectivity index (χ0) is 20.6. The van der Waals surface area contributed by atoms with E-state index in [4.69, 9.17) is 14.5 Å². The van der Waals surface area contributed by atoms with Gasteiger partial charge in [0.1, 0.15) is 23.6 Å². The molecule has 0 radical (unpaired) electrons. The van der Waals surface area contributed by atoms with Crippen LogP contribution in [0.1, 0.15) is 24.6 Å². The number of para-hydroxylation sites is 1. The summed E-state index contributed by atoms with van der Waals surface area (Å²) in [6.45, 7) is 6.79. The number of benzene rings is 2. The Morgan fingerprint density at radius 1 is 1.10 bits per heavy atom. The first-order valence-electron chi connectivity index (χ1n) is 10.9. The fourth-order valence-electron chi connectivity index (χ4n) is 5.14. The smallest absolute Gasteiger partial charge is 0.119 e. The Morgan fingerprint density at radius 2 is 1.97 bits per heavy atom. The topological polar surface area (TPSA) is 39.0 Å². The molecule has 2 aliphatic heterocycles. The molecule has 5 nitrogen and oxygen atoms in total. The first-order valence-corrected chi connectivity index (χ1v) is 10.9. The molecule has 156 valence electrons. The van der Waals surface area contributed by atoms with Crippen LogP contribution in [-0.4, -0.2) is 49.0 Å². The van der Waals surface area contributed by atoms with Gasteiger partial charge in [-0.2, -0.15) is 0 Å². The van der Waals surface area contributed by atoms with Crippen molar-refractivity contribution in [2.45, 2.75) is 31.8 Å². The van der Waals surface area contributed by atoms with Crippen molar-refractivity contribution in [3.63, 3.8) is 0 Å². The van der Waals surface area contributed by atoms with Crippen molar-refractivity contribution in [1.82, 2.24) is 9.47 Å². The minimum Gasteiger partial charge on any atom is -0.497 e. The molecule has 2 aliphatic rings. The van der Waals surface area contributed by atoms with Crippen molar-refractivity contribution < 1.29 is 9.47 Å². The summed E-state index contributed by atoms with van der Waals surface area (Å²) in [5, 5.41) is 1.31. The highest BCUT2D eigenvalue weighted by molar-refractivity contribution is 5.90. The van der Waals surface area contributed by atoms with Crippen LogP contribution in [0.2, 0.25) is 0 Å². The number of rotatable bonds is 6. The number of hydrogen-bond donors (Lipinski definition) is 0. The van der Waals surface area contributed by atoms with E-state index in [0.717, 1.165) is 50.5 Å². The molecule has 5 rings (SSSR count). The van der Waals surface area contributed by atoms with E-state index >= 15 is 0 Å².